The van der Waals surface area contributed by atoms with Crippen molar-refractivity contribution in [1.29, 1.82) is 0 Å². The fraction of sp³-hybridized carbons (Fsp3) is 0.409. The van der Waals surface area contributed by atoms with Crippen LogP contribution in [0.2, 0.25) is 0 Å². The number of rotatable bonds is 6. The van der Waals surface area contributed by atoms with Crippen LogP contribution >= 0.6 is 0 Å². The number of carbonyl (C=O) groups excluding carboxylic acids is 1. The molecule has 1 aliphatic heterocycles. The summed E-state index contributed by atoms with van der Waals surface area (Å²) >= 11 is 0. The first-order valence-electron chi connectivity index (χ1n) is 10.3. The zero-order valence-corrected chi connectivity index (χ0v) is 17.3. The third kappa shape index (κ3) is 4.46. The number of carbonyl (C=O) groups is 1. The maximum Gasteiger partial charge on any atom is 0.243 e. The van der Waals surface area contributed by atoms with Crippen molar-refractivity contribution in [2.75, 3.05) is 30.3 Å². The molecule has 2 N–H and O–H groups in total. The molecule has 1 heterocycles. The summed E-state index contributed by atoms with van der Waals surface area (Å²) in [6, 6.07) is 12.7. The maximum absolute atomic E-state index is 12.7. The number of anilines is 2. The van der Waals surface area contributed by atoms with Gasteiger partial charge in [0.25, 0.3) is 0 Å². The molecule has 0 atom stereocenters. The Balaban J connectivity index is 1.40. The average molecular weight is 414 g/mol. The molecule has 1 aliphatic carbocycles. The van der Waals surface area contributed by atoms with Gasteiger partial charge >= 0.3 is 0 Å². The fourth-order valence-corrected chi connectivity index (χ4v) is 5.70. The van der Waals surface area contributed by atoms with Gasteiger partial charge in [-0.05, 0) is 73.9 Å². The van der Waals surface area contributed by atoms with Crippen molar-refractivity contribution in [3.63, 3.8) is 0 Å². The lowest BCUT2D eigenvalue weighted by Gasteiger charge is -2.20. The van der Waals surface area contributed by atoms with E-state index in [1.54, 1.807) is 18.2 Å². The number of fused-ring (bicyclic) bond motifs is 1. The molecule has 2 aliphatic rings. The lowest BCUT2D eigenvalue weighted by molar-refractivity contribution is -0.114. The van der Waals surface area contributed by atoms with Gasteiger partial charge in [-0.1, -0.05) is 18.2 Å². The van der Waals surface area contributed by atoms with Crippen LogP contribution in [-0.2, 0) is 27.7 Å². The second kappa shape index (κ2) is 8.55. The molecule has 29 heavy (non-hydrogen) atoms. The molecule has 0 unspecified atom stereocenters. The first-order valence-corrected chi connectivity index (χ1v) is 11.7. The highest BCUT2D eigenvalue weighted by Crippen LogP contribution is 2.28. The van der Waals surface area contributed by atoms with Crippen LogP contribution in [0.5, 0.6) is 0 Å². The topological polar surface area (TPSA) is 78.5 Å². The van der Waals surface area contributed by atoms with E-state index in [-0.39, 0.29) is 17.3 Å². The minimum Gasteiger partial charge on any atom is -0.376 e. The van der Waals surface area contributed by atoms with E-state index in [0.717, 1.165) is 31.4 Å². The summed E-state index contributed by atoms with van der Waals surface area (Å²) < 4.78 is 26.9. The van der Waals surface area contributed by atoms with Crippen LogP contribution in [-0.4, -0.2) is 38.3 Å². The van der Waals surface area contributed by atoms with Gasteiger partial charge in [0.1, 0.15) is 0 Å². The van der Waals surface area contributed by atoms with Gasteiger partial charge in [0.2, 0.25) is 15.9 Å². The maximum atomic E-state index is 12.7. The number of sulfonamides is 1. The summed E-state index contributed by atoms with van der Waals surface area (Å²) in [5.74, 6) is -0.200. The number of nitrogens with zero attached hydrogens (tertiary/aromatic N) is 1. The molecule has 0 spiro atoms. The van der Waals surface area contributed by atoms with Crippen LogP contribution in [0, 0.1) is 0 Å². The summed E-state index contributed by atoms with van der Waals surface area (Å²) in [6.07, 6.45) is 6.31. The molecule has 1 fully saturated rings. The number of aryl methyl sites for hydroxylation is 1. The molecule has 2 aromatic rings. The summed E-state index contributed by atoms with van der Waals surface area (Å²) in [4.78, 5) is 12.7. The van der Waals surface area contributed by atoms with E-state index in [9.17, 15) is 13.2 Å². The molecule has 0 radical (unpaired) electrons. The molecular formula is C22H27N3O3S. The Kier molecular flexibility index (Phi) is 5.87. The van der Waals surface area contributed by atoms with E-state index < -0.39 is 10.0 Å². The highest BCUT2D eigenvalue weighted by atomic mass is 32.2. The zero-order valence-electron chi connectivity index (χ0n) is 16.5. The Morgan fingerprint density at radius 2 is 1.72 bits per heavy atom. The lowest BCUT2D eigenvalue weighted by Crippen LogP contribution is -2.28. The molecule has 1 amide bonds. The highest BCUT2D eigenvalue weighted by molar-refractivity contribution is 7.89. The van der Waals surface area contributed by atoms with Crippen molar-refractivity contribution in [3.8, 4) is 0 Å². The van der Waals surface area contributed by atoms with Gasteiger partial charge < -0.3 is 10.6 Å². The predicted octanol–water partition coefficient (Wildman–Crippen LogP) is 3.40. The van der Waals surface area contributed by atoms with E-state index in [1.807, 2.05) is 12.1 Å². The van der Waals surface area contributed by atoms with Crippen molar-refractivity contribution < 1.29 is 13.2 Å². The number of hydrogen-bond donors (Lipinski definition) is 2. The quantitative estimate of drug-likeness (QED) is 0.761. The molecular weight excluding hydrogens is 386 g/mol. The van der Waals surface area contributed by atoms with Crippen LogP contribution in [0.25, 0.3) is 0 Å². The van der Waals surface area contributed by atoms with Gasteiger partial charge in [0.05, 0.1) is 11.4 Å². The van der Waals surface area contributed by atoms with Crippen molar-refractivity contribution in [2.45, 2.75) is 43.4 Å². The van der Waals surface area contributed by atoms with Crippen molar-refractivity contribution in [3.05, 3.63) is 53.6 Å². The Bertz CT molecular complexity index is 998. The molecule has 0 bridgehead atoms. The van der Waals surface area contributed by atoms with E-state index in [1.165, 1.54) is 34.3 Å². The Hall–Kier alpha value is -2.38. The van der Waals surface area contributed by atoms with Crippen LogP contribution in [0.4, 0.5) is 11.4 Å². The normalized spacial score (nSPS) is 17.0. The molecule has 0 aromatic heterocycles. The van der Waals surface area contributed by atoms with Gasteiger partial charge in [-0.2, -0.15) is 4.31 Å². The minimum atomic E-state index is -3.50. The van der Waals surface area contributed by atoms with Gasteiger partial charge in [0, 0.05) is 24.5 Å². The minimum absolute atomic E-state index is 0.138. The first-order chi connectivity index (χ1) is 14.0. The van der Waals surface area contributed by atoms with E-state index >= 15 is 0 Å². The number of hydrogen-bond acceptors (Lipinski definition) is 4. The zero-order chi connectivity index (χ0) is 20.3. The molecule has 154 valence electrons. The van der Waals surface area contributed by atoms with Gasteiger partial charge in [-0.15, -0.1) is 0 Å². The molecule has 0 saturated carbocycles. The monoisotopic (exact) mass is 413 g/mol. The van der Waals surface area contributed by atoms with Gasteiger partial charge in [-0.3, -0.25) is 4.79 Å². The second-order valence-corrected chi connectivity index (χ2v) is 9.63. The van der Waals surface area contributed by atoms with Crippen molar-refractivity contribution in [1.82, 2.24) is 4.31 Å². The molecule has 6 nitrogen and oxygen atoms in total. The lowest BCUT2D eigenvalue weighted by atomic mass is 9.90. The van der Waals surface area contributed by atoms with Crippen LogP contribution in [0.1, 0.15) is 36.8 Å². The van der Waals surface area contributed by atoms with E-state index in [2.05, 4.69) is 16.7 Å². The molecule has 7 heteroatoms. The number of benzene rings is 2. The van der Waals surface area contributed by atoms with Crippen LogP contribution < -0.4 is 10.6 Å². The molecule has 1 saturated heterocycles. The van der Waals surface area contributed by atoms with Gasteiger partial charge in [-0.25, -0.2) is 8.42 Å². The van der Waals surface area contributed by atoms with Crippen molar-refractivity contribution in [2.24, 2.45) is 0 Å². The summed E-state index contributed by atoms with van der Waals surface area (Å²) in [6.45, 7) is 1.26. The Morgan fingerprint density at radius 3 is 2.55 bits per heavy atom. The SMILES string of the molecule is O=C(CNc1cccc2c1CCCC2)Nc1cccc(S(=O)(=O)N2CCCC2)c1. The predicted molar refractivity (Wildman–Crippen MR) is 115 cm³/mol. The van der Waals surface area contributed by atoms with Gasteiger partial charge in [0.15, 0.2) is 0 Å². The molecule has 4 rings (SSSR count). The third-order valence-corrected chi connectivity index (χ3v) is 7.55. The Morgan fingerprint density at radius 1 is 0.966 bits per heavy atom. The average Bonchev–Trinajstić information content (AvgIpc) is 3.28. The second-order valence-electron chi connectivity index (χ2n) is 7.69. The smallest absolute Gasteiger partial charge is 0.243 e. The standard InChI is InChI=1S/C22H27N3O3S/c26-22(16-23-21-12-5-8-17-7-1-2-11-20(17)21)24-18-9-6-10-19(15-18)29(27,28)25-13-3-4-14-25/h5-6,8-10,12,15,23H,1-4,7,11,13-14,16H2,(H,24,26). The third-order valence-electron chi connectivity index (χ3n) is 5.66. The van der Waals surface area contributed by atoms with E-state index in [4.69, 9.17) is 0 Å². The van der Waals surface area contributed by atoms with E-state index in [0.29, 0.717) is 18.8 Å². The molecule has 2 aromatic carbocycles. The summed E-state index contributed by atoms with van der Waals surface area (Å²) in [5, 5.41) is 6.05. The Labute approximate surface area is 172 Å². The van der Waals surface area contributed by atoms with Crippen LogP contribution in [0.3, 0.4) is 0 Å². The largest absolute Gasteiger partial charge is 0.376 e. The summed E-state index contributed by atoms with van der Waals surface area (Å²) in [5.41, 5.74) is 4.18. The number of nitrogens with one attached hydrogen (secondary N) is 2. The first kappa shape index (κ1) is 19.9. The fourth-order valence-electron chi connectivity index (χ4n) is 4.14. The van der Waals surface area contributed by atoms with Crippen LogP contribution in [0.15, 0.2) is 47.4 Å². The number of amides is 1. The summed E-state index contributed by atoms with van der Waals surface area (Å²) in [7, 11) is -3.50. The highest BCUT2D eigenvalue weighted by Gasteiger charge is 2.27. The van der Waals surface area contributed by atoms with Crippen molar-refractivity contribution >= 4 is 27.3 Å².